The van der Waals surface area contributed by atoms with Crippen molar-refractivity contribution in [3.8, 4) is 0 Å². The van der Waals surface area contributed by atoms with Crippen LogP contribution in [-0.2, 0) is 17.4 Å². The topological polar surface area (TPSA) is 38.7 Å². The molecule has 0 spiro atoms. The van der Waals surface area contributed by atoms with Gasteiger partial charge in [-0.3, -0.25) is 0 Å². The van der Waals surface area contributed by atoms with Crippen LogP contribution in [0.3, 0.4) is 0 Å². The lowest BCUT2D eigenvalue weighted by Crippen LogP contribution is -2.13. The molecule has 1 aliphatic rings. The van der Waals surface area contributed by atoms with Crippen molar-refractivity contribution in [3.05, 3.63) is 70.8 Å². The molecule has 0 fully saturated rings. The van der Waals surface area contributed by atoms with Crippen molar-refractivity contribution >= 4 is 11.7 Å². The van der Waals surface area contributed by atoms with Crippen LogP contribution in [0.15, 0.2) is 53.7 Å². The predicted molar refractivity (Wildman–Crippen MR) is 82.8 cm³/mol. The highest BCUT2D eigenvalue weighted by Gasteiger charge is 2.31. The summed E-state index contributed by atoms with van der Waals surface area (Å²) in [6.07, 6.45) is -2.04. The largest absolute Gasteiger partial charge is 0.416 e. The number of rotatable bonds is 2. The fourth-order valence-corrected chi connectivity index (χ4v) is 2.67. The van der Waals surface area contributed by atoms with Crippen LogP contribution < -0.4 is 0 Å². The van der Waals surface area contributed by atoms with E-state index in [2.05, 4.69) is 5.16 Å². The van der Waals surface area contributed by atoms with Crippen LogP contribution in [0.5, 0.6) is 0 Å². The van der Waals surface area contributed by atoms with Crippen LogP contribution in [0.4, 0.5) is 13.2 Å². The van der Waals surface area contributed by atoms with Gasteiger partial charge in [0, 0.05) is 5.56 Å². The molecule has 2 aromatic rings. The molecule has 0 atom stereocenters. The molecule has 24 heavy (non-hydrogen) atoms. The number of carbonyl (C=O) groups is 1. The van der Waals surface area contributed by atoms with Gasteiger partial charge in [0.1, 0.15) is 0 Å². The fourth-order valence-electron chi connectivity index (χ4n) is 2.67. The maximum atomic E-state index is 12.7. The Kier molecular flexibility index (Phi) is 4.38. The van der Waals surface area contributed by atoms with E-state index in [1.54, 1.807) is 0 Å². The Labute approximate surface area is 136 Å². The third-order valence-corrected chi connectivity index (χ3v) is 3.85. The lowest BCUT2D eigenvalue weighted by molar-refractivity contribution is -0.137. The average Bonchev–Trinajstić information content (AvgIpc) is 2.59. The number of carbonyl (C=O) groups excluding carboxylic acids is 1. The van der Waals surface area contributed by atoms with Crippen molar-refractivity contribution in [2.45, 2.75) is 25.4 Å². The summed E-state index contributed by atoms with van der Waals surface area (Å²) in [4.78, 5) is 16.9. The molecule has 0 saturated heterocycles. The lowest BCUT2D eigenvalue weighted by Gasteiger charge is -2.16. The predicted octanol–water partition coefficient (Wildman–Crippen LogP) is 4.60. The van der Waals surface area contributed by atoms with E-state index in [-0.39, 0.29) is 5.56 Å². The van der Waals surface area contributed by atoms with Gasteiger partial charge in [-0.2, -0.15) is 13.2 Å². The van der Waals surface area contributed by atoms with Crippen LogP contribution in [0.1, 0.15) is 39.9 Å². The van der Waals surface area contributed by atoms with Gasteiger partial charge in [0.05, 0.1) is 16.8 Å². The molecule has 0 N–H and O–H groups in total. The summed E-state index contributed by atoms with van der Waals surface area (Å²) in [5.74, 6) is -0.906. The van der Waals surface area contributed by atoms with Gasteiger partial charge < -0.3 is 4.84 Å². The summed E-state index contributed by atoms with van der Waals surface area (Å²) in [7, 11) is 0. The average molecular weight is 333 g/mol. The third-order valence-electron chi connectivity index (χ3n) is 3.85. The first kappa shape index (κ1) is 16.2. The molecule has 0 unspecified atom stereocenters. The monoisotopic (exact) mass is 333 g/mol. The zero-order valence-electron chi connectivity index (χ0n) is 12.6. The first-order valence-corrected chi connectivity index (χ1v) is 7.49. The van der Waals surface area contributed by atoms with E-state index in [4.69, 9.17) is 4.84 Å². The second kappa shape index (κ2) is 6.47. The van der Waals surface area contributed by atoms with E-state index in [0.717, 1.165) is 36.1 Å². The minimum absolute atomic E-state index is 0.182. The number of nitrogens with zero attached hydrogens (tertiary/aromatic N) is 1. The number of alkyl halides is 3. The van der Waals surface area contributed by atoms with Gasteiger partial charge in [-0.25, -0.2) is 4.79 Å². The number of aryl methyl sites for hydroxylation is 1. The van der Waals surface area contributed by atoms with Crippen molar-refractivity contribution in [1.82, 2.24) is 0 Å². The smallest absolute Gasteiger partial charge is 0.313 e. The minimum atomic E-state index is -4.51. The Morgan fingerprint density at radius 3 is 2.62 bits per heavy atom. The molecule has 3 rings (SSSR count). The van der Waals surface area contributed by atoms with Crippen LogP contribution in [0.2, 0.25) is 0 Å². The molecule has 0 heterocycles. The van der Waals surface area contributed by atoms with E-state index in [0.29, 0.717) is 12.1 Å². The molecular formula is C18H14F3NO2. The zero-order chi connectivity index (χ0) is 17.2. The first-order chi connectivity index (χ1) is 11.4. The quantitative estimate of drug-likeness (QED) is 0.595. The highest BCUT2D eigenvalue weighted by atomic mass is 19.4. The van der Waals surface area contributed by atoms with Gasteiger partial charge in [0.2, 0.25) is 0 Å². The highest BCUT2D eigenvalue weighted by Crippen LogP contribution is 2.29. The Bertz CT molecular complexity index is 797. The molecule has 0 aliphatic heterocycles. The fraction of sp³-hybridized carbons (Fsp3) is 0.222. The normalized spacial score (nSPS) is 15.9. The van der Waals surface area contributed by atoms with Gasteiger partial charge in [-0.15, -0.1) is 0 Å². The van der Waals surface area contributed by atoms with E-state index in [1.165, 1.54) is 12.1 Å². The summed E-state index contributed by atoms with van der Waals surface area (Å²) >= 11 is 0. The van der Waals surface area contributed by atoms with Crippen LogP contribution in [0.25, 0.3) is 0 Å². The van der Waals surface area contributed by atoms with Crippen molar-refractivity contribution in [1.29, 1.82) is 0 Å². The molecule has 6 heteroatoms. The molecule has 3 nitrogen and oxygen atoms in total. The second-order valence-electron chi connectivity index (χ2n) is 5.51. The van der Waals surface area contributed by atoms with E-state index >= 15 is 0 Å². The van der Waals surface area contributed by atoms with Crippen molar-refractivity contribution in [2.75, 3.05) is 0 Å². The number of oxime groups is 1. The van der Waals surface area contributed by atoms with Gasteiger partial charge in [-0.1, -0.05) is 35.5 Å². The molecule has 0 radical (unpaired) electrons. The number of hydrogen-bond acceptors (Lipinski definition) is 3. The van der Waals surface area contributed by atoms with E-state index in [1.807, 2.05) is 24.3 Å². The standard InChI is InChI=1S/C18H14F3NO2/c19-18(20,21)14-8-3-7-13(11-14)17(23)24-22-16-10-4-6-12-5-1-2-9-15(12)16/h1-3,5,7-9,11H,4,6,10H2. The highest BCUT2D eigenvalue weighted by molar-refractivity contribution is 6.03. The molecule has 0 amide bonds. The Balaban J connectivity index is 1.79. The number of benzene rings is 2. The van der Waals surface area contributed by atoms with Gasteiger partial charge in [0.25, 0.3) is 0 Å². The summed E-state index contributed by atoms with van der Waals surface area (Å²) in [6, 6.07) is 11.8. The van der Waals surface area contributed by atoms with Gasteiger partial charge >= 0.3 is 12.1 Å². The third kappa shape index (κ3) is 3.48. The summed E-state index contributed by atoms with van der Waals surface area (Å²) in [6.45, 7) is 0. The SMILES string of the molecule is O=C(ON=C1CCCc2ccccc21)c1cccc(C(F)(F)F)c1. The molecule has 124 valence electrons. The maximum absolute atomic E-state index is 12.7. The van der Waals surface area contributed by atoms with E-state index in [9.17, 15) is 18.0 Å². The number of hydrogen-bond donors (Lipinski definition) is 0. The molecule has 0 bridgehead atoms. The lowest BCUT2D eigenvalue weighted by atomic mass is 9.90. The first-order valence-electron chi connectivity index (χ1n) is 7.49. The molecule has 2 aromatic carbocycles. The number of fused-ring (bicyclic) bond motifs is 1. The number of halogens is 3. The van der Waals surface area contributed by atoms with Crippen molar-refractivity contribution < 1.29 is 22.8 Å². The Hall–Kier alpha value is -2.63. The Morgan fingerprint density at radius 2 is 1.83 bits per heavy atom. The molecule has 1 aliphatic carbocycles. The molecular weight excluding hydrogens is 319 g/mol. The van der Waals surface area contributed by atoms with Gasteiger partial charge in [0.15, 0.2) is 0 Å². The zero-order valence-corrected chi connectivity index (χ0v) is 12.6. The minimum Gasteiger partial charge on any atom is -0.313 e. The van der Waals surface area contributed by atoms with Crippen LogP contribution >= 0.6 is 0 Å². The molecule has 0 saturated carbocycles. The van der Waals surface area contributed by atoms with Crippen LogP contribution in [0, 0.1) is 0 Å². The Morgan fingerprint density at radius 1 is 1.04 bits per heavy atom. The van der Waals surface area contributed by atoms with Crippen molar-refractivity contribution in [3.63, 3.8) is 0 Å². The summed E-state index contributed by atoms with van der Waals surface area (Å²) in [5.41, 5.74) is 1.60. The van der Waals surface area contributed by atoms with E-state index < -0.39 is 17.7 Å². The van der Waals surface area contributed by atoms with Gasteiger partial charge in [-0.05, 0) is 43.0 Å². The van der Waals surface area contributed by atoms with Crippen LogP contribution in [-0.4, -0.2) is 11.7 Å². The summed E-state index contributed by atoms with van der Waals surface area (Å²) < 4.78 is 38.1. The van der Waals surface area contributed by atoms with Crippen molar-refractivity contribution in [2.24, 2.45) is 5.16 Å². The second-order valence-corrected chi connectivity index (χ2v) is 5.51. The summed E-state index contributed by atoms with van der Waals surface area (Å²) in [5, 5.41) is 3.88. The maximum Gasteiger partial charge on any atom is 0.416 e. The molecule has 0 aromatic heterocycles.